The fourth-order valence-corrected chi connectivity index (χ4v) is 3.11. The van der Waals surface area contributed by atoms with E-state index in [-0.39, 0.29) is 6.04 Å². The van der Waals surface area contributed by atoms with Gasteiger partial charge in [0.25, 0.3) is 0 Å². The minimum atomic E-state index is 0.136. The summed E-state index contributed by atoms with van der Waals surface area (Å²) in [5.41, 5.74) is 11.2. The zero-order valence-electron chi connectivity index (χ0n) is 10.9. The van der Waals surface area contributed by atoms with Gasteiger partial charge in [-0.3, -0.25) is 0 Å². The molecule has 0 saturated carbocycles. The van der Waals surface area contributed by atoms with Crippen molar-refractivity contribution in [1.29, 1.82) is 0 Å². The average Bonchev–Trinajstić information content (AvgIpc) is 2.72. The number of hydrogen-bond acceptors (Lipinski definition) is 2. The molecule has 3 rings (SSSR count). The maximum absolute atomic E-state index is 6.21. The highest BCUT2D eigenvalue weighted by Gasteiger charge is 2.28. The van der Waals surface area contributed by atoms with E-state index < -0.39 is 0 Å². The summed E-state index contributed by atoms with van der Waals surface area (Å²) in [4.78, 5) is 0. The Morgan fingerprint density at radius 3 is 2.68 bits per heavy atom. The molecule has 0 bridgehead atoms. The van der Waals surface area contributed by atoms with Crippen LogP contribution in [0.3, 0.4) is 0 Å². The van der Waals surface area contributed by atoms with E-state index in [4.69, 9.17) is 5.73 Å². The molecule has 0 amide bonds. The van der Waals surface area contributed by atoms with Gasteiger partial charge in [-0.05, 0) is 58.1 Å². The maximum Gasteiger partial charge on any atom is 0.0535 e. The summed E-state index contributed by atoms with van der Waals surface area (Å²) >= 11 is 3.60. The molecule has 98 valence electrons. The van der Waals surface area contributed by atoms with Crippen LogP contribution >= 0.6 is 15.9 Å². The first kappa shape index (κ1) is 12.7. The molecule has 3 N–H and O–H groups in total. The van der Waals surface area contributed by atoms with E-state index in [1.54, 1.807) is 0 Å². The first-order valence-corrected chi connectivity index (χ1v) is 7.31. The second-order valence-electron chi connectivity index (χ2n) is 5.15. The van der Waals surface area contributed by atoms with Gasteiger partial charge in [-0.15, -0.1) is 0 Å². The van der Waals surface area contributed by atoms with Crippen LogP contribution < -0.4 is 11.1 Å². The molecule has 0 heterocycles. The Labute approximate surface area is 122 Å². The van der Waals surface area contributed by atoms with Gasteiger partial charge in [0, 0.05) is 16.2 Å². The fraction of sp³-hybridized carbons (Fsp3) is 0.250. The quantitative estimate of drug-likeness (QED) is 0.866. The summed E-state index contributed by atoms with van der Waals surface area (Å²) in [5.74, 6) is 0. The molecule has 1 aliphatic rings. The number of nitrogens with one attached hydrogen (secondary N) is 1. The Morgan fingerprint density at radius 2 is 1.89 bits per heavy atom. The first-order valence-electron chi connectivity index (χ1n) is 6.52. The predicted molar refractivity (Wildman–Crippen MR) is 83.2 cm³/mol. The number of aryl methyl sites for hydroxylation is 1. The number of benzene rings is 2. The van der Waals surface area contributed by atoms with Gasteiger partial charge in [-0.2, -0.15) is 0 Å². The van der Waals surface area contributed by atoms with Crippen molar-refractivity contribution in [3.63, 3.8) is 0 Å². The number of anilines is 1. The molecule has 0 fully saturated rings. The summed E-state index contributed by atoms with van der Waals surface area (Å²) in [6, 6.07) is 15.2. The highest BCUT2D eigenvalue weighted by atomic mass is 79.9. The van der Waals surface area contributed by atoms with Gasteiger partial charge >= 0.3 is 0 Å². The molecular formula is C16H17BrN2. The topological polar surface area (TPSA) is 38.0 Å². The van der Waals surface area contributed by atoms with Gasteiger partial charge in [0.1, 0.15) is 0 Å². The van der Waals surface area contributed by atoms with Crippen molar-refractivity contribution in [3.05, 3.63) is 63.6 Å². The van der Waals surface area contributed by atoms with Crippen molar-refractivity contribution >= 4 is 21.6 Å². The molecule has 1 aliphatic carbocycles. The second kappa shape index (κ2) is 4.99. The van der Waals surface area contributed by atoms with Gasteiger partial charge in [0.2, 0.25) is 0 Å². The Morgan fingerprint density at radius 1 is 1.16 bits per heavy atom. The lowest BCUT2D eigenvalue weighted by Gasteiger charge is -2.17. The van der Waals surface area contributed by atoms with Gasteiger partial charge in [0.15, 0.2) is 0 Å². The van der Waals surface area contributed by atoms with Gasteiger partial charge in [-0.1, -0.05) is 30.3 Å². The summed E-state index contributed by atoms with van der Waals surface area (Å²) in [7, 11) is 0. The molecule has 2 nitrogen and oxygen atoms in total. The van der Waals surface area contributed by atoms with Crippen molar-refractivity contribution in [2.75, 3.05) is 5.32 Å². The van der Waals surface area contributed by atoms with Crippen LogP contribution in [-0.2, 0) is 0 Å². The summed E-state index contributed by atoms with van der Waals surface area (Å²) in [6.45, 7) is 2.10. The van der Waals surface area contributed by atoms with Crippen molar-refractivity contribution in [2.24, 2.45) is 5.73 Å². The van der Waals surface area contributed by atoms with Gasteiger partial charge < -0.3 is 11.1 Å². The number of rotatable bonds is 2. The SMILES string of the molecule is Cc1ccc(Br)c(NC2CC(N)c3ccccc32)c1. The maximum atomic E-state index is 6.21. The Balaban J connectivity index is 1.91. The summed E-state index contributed by atoms with van der Waals surface area (Å²) in [6.07, 6.45) is 0.944. The lowest BCUT2D eigenvalue weighted by molar-refractivity contribution is 0.648. The zero-order chi connectivity index (χ0) is 13.4. The van der Waals surface area contributed by atoms with Gasteiger partial charge in [-0.25, -0.2) is 0 Å². The Kier molecular flexibility index (Phi) is 3.33. The molecule has 3 heteroatoms. The third-order valence-corrected chi connectivity index (χ3v) is 4.40. The van der Waals surface area contributed by atoms with Crippen LogP contribution in [0, 0.1) is 6.92 Å². The predicted octanol–water partition coefficient (Wildman–Crippen LogP) is 4.31. The molecule has 0 aliphatic heterocycles. The van der Waals surface area contributed by atoms with Crippen LogP contribution in [-0.4, -0.2) is 0 Å². The number of hydrogen-bond donors (Lipinski definition) is 2. The van der Waals surface area contributed by atoms with E-state index >= 15 is 0 Å². The third kappa shape index (κ3) is 2.40. The lowest BCUT2D eigenvalue weighted by atomic mass is 10.1. The van der Waals surface area contributed by atoms with Gasteiger partial charge in [0.05, 0.1) is 6.04 Å². The Bertz CT molecular complexity index is 609. The molecule has 0 spiro atoms. The highest BCUT2D eigenvalue weighted by molar-refractivity contribution is 9.10. The fourth-order valence-electron chi connectivity index (χ4n) is 2.75. The van der Waals surface area contributed by atoms with Crippen LogP contribution in [0.5, 0.6) is 0 Å². The van der Waals surface area contributed by atoms with Crippen molar-refractivity contribution in [2.45, 2.75) is 25.4 Å². The van der Waals surface area contributed by atoms with E-state index in [2.05, 4.69) is 70.6 Å². The number of nitrogens with two attached hydrogens (primary N) is 1. The first-order chi connectivity index (χ1) is 9.15. The molecule has 2 aromatic carbocycles. The second-order valence-corrected chi connectivity index (χ2v) is 6.01. The molecule has 19 heavy (non-hydrogen) atoms. The molecule has 2 aromatic rings. The normalized spacial score (nSPS) is 21.2. The lowest BCUT2D eigenvalue weighted by Crippen LogP contribution is -2.10. The standard InChI is InChI=1S/C16H17BrN2/c1-10-6-7-13(17)16(8-10)19-15-9-14(18)11-4-2-3-5-12(11)15/h2-8,14-15,19H,9,18H2,1H3. The minimum Gasteiger partial charge on any atom is -0.377 e. The van der Waals surface area contributed by atoms with Crippen LogP contribution in [0.25, 0.3) is 0 Å². The van der Waals surface area contributed by atoms with Crippen LogP contribution in [0.2, 0.25) is 0 Å². The monoisotopic (exact) mass is 316 g/mol. The zero-order valence-corrected chi connectivity index (χ0v) is 12.4. The molecule has 0 aromatic heterocycles. The Hall–Kier alpha value is -1.32. The summed E-state index contributed by atoms with van der Waals surface area (Å²) in [5, 5.41) is 3.61. The highest BCUT2D eigenvalue weighted by Crippen LogP contribution is 2.40. The van der Waals surface area contributed by atoms with E-state index in [1.165, 1.54) is 16.7 Å². The van der Waals surface area contributed by atoms with E-state index in [0.29, 0.717) is 6.04 Å². The molecular weight excluding hydrogens is 300 g/mol. The molecule has 2 unspecified atom stereocenters. The van der Waals surface area contributed by atoms with Crippen molar-refractivity contribution in [3.8, 4) is 0 Å². The molecule has 0 radical (unpaired) electrons. The van der Waals surface area contributed by atoms with E-state index in [1.807, 2.05) is 0 Å². The third-order valence-electron chi connectivity index (χ3n) is 3.71. The largest absolute Gasteiger partial charge is 0.377 e. The average molecular weight is 317 g/mol. The van der Waals surface area contributed by atoms with Crippen LogP contribution in [0.15, 0.2) is 46.9 Å². The number of halogens is 1. The van der Waals surface area contributed by atoms with Crippen molar-refractivity contribution < 1.29 is 0 Å². The van der Waals surface area contributed by atoms with E-state index in [9.17, 15) is 0 Å². The van der Waals surface area contributed by atoms with Crippen LogP contribution in [0.4, 0.5) is 5.69 Å². The summed E-state index contributed by atoms with van der Waals surface area (Å²) < 4.78 is 1.09. The molecule has 2 atom stereocenters. The van der Waals surface area contributed by atoms with Crippen molar-refractivity contribution in [1.82, 2.24) is 0 Å². The van der Waals surface area contributed by atoms with E-state index in [0.717, 1.165) is 16.6 Å². The number of fused-ring (bicyclic) bond motifs is 1. The van der Waals surface area contributed by atoms with Crippen LogP contribution in [0.1, 0.15) is 35.2 Å². The molecule has 0 saturated heterocycles. The smallest absolute Gasteiger partial charge is 0.0535 e. The minimum absolute atomic E-state index is 0.136.